The van der Waals surface area contributed by atoms with Crippen molar-refractivity contribution < 1.29 is 4.79 Å². The summed E-state index contributed by atoms with van der Waals surface area (Å²) in [5.41, 5.74) is 5.94. The number of primary amides is 1. The quantitative estimate of drug-likeness (QED) is 0.887. The molecule has 4 heteroatoms. The molecule has 1 aliphatic rings. The van der Waals surface area contributed by atoms with Crippen LogP contribution < -0.4 is 11.1 Å². The van der Waals surface area contributed by atoms with E-state index < -0.39 is 5.54 Å². The molecular formula is C15H21BrN2O. The number of amides is 1. The van der Waals surface area contributed by atoms with Crippen LogP contribution in [0, 0.1) is 5.92 Å². The first-order valence-electron chi connectivity index (χ1n) is 6.86. The molecule has 3 nitrogen and oxygen atoms in total. The summed E-state index contributed by atoms with van der Waals surface area (Å²) < 4.78 is 0.993. The van der Waals surface area contributed by atoms with Gasteiger partial charge < -0.3 is 11.1 Å². The fourth-order valence-corrected chi connectivity index (χ4v) is 3.31. The van der Waals surface area contributed by atoms with E-state index in [1.54, 1.807) is 0 Å². The number of hydrogen-bond acceptors (Lipinski definition) is 2. The van der Waals surface area contributed by atoms with Gasteiger partial charge in [0.15, 0.2) is 0 Å². The Morgan fingerprint density at radius 1 is 1.37 bits per heavy atom. The molecule has 0 heterocycles. The highest BCUT2D eigenvalue weighted by Crippen LogP contribution is 2.35. The molecule has 104 valence electrons. The first-order valence-corrected chi connectivity index (χ1v) is 7.65. The molecule has 1 fully saturated rings. The summed E-state index contributed by atoms with van der Waals surface area (Å²) >= 11 is 3.45. The van der Waals surface area contributed by atoms with E-state index in [0.29, 0.717) is 5.92 Å². The fourth-order valence-electron chi connectivity index (χ4n) is 2.91. The standard InChI is InChI=1S/C15H21BrN2O/c1-15(14(17)19,11-6-3-2-4-7-11)18-13-9-5-8-12(16)10-13/h5,8-11,18H,2-4,6-7H2,1H3,(H2,17,19). The maximum absolute atomic E-state index is 12.0. The van der Waals surface area contributed by atoms with E-state index in [2.05, 4.69) is 21.2 Å². The van der Waals surface area contributed by atoms with Gasteiger partial charge in [-0.1, -0.05) is 41.3 Å². The molecule has 1 amide bonds. The SMILES string of the molecule is CC(Nc1cccc(Br)c1)(C(N)=O)C1CCCCC1. The summed E-state index contributed by atoms with van der Waals surface area (Å²) in [6.07, 6.45) is 5.78. The third-order valence-electron chi connectivity index (χ3n) is 4.16. The van der Waals surface area contributed by atoms with Crippen molar-refractivity contribution in [3.63, 3.8) is 0 Å². The Bertz CT molecular complexity index is 457. The lowest BCUT2D eigenvalue weighted by Gasteiger charge is -2.38. The molecule has 1 unspecified atom stereocenters. The third-order valence-corrected chi connectivity index (χ3v) is 4.66. The van der Waals surface area contributed by atoms with Crippen LogP contribution >= 0.6 is 15.9 Å². The lowest BCUT2D eigenvalue weighted by molar-refractivity contribution is -0.123. The number of carbonyl (C=O) groups is 1. The van der Waals surface area contributed by atoms with E-state index in [4.69, 9.17) is 5.73 Å². The Morgan fingerprint density at radius 3 is 2.63 bits per heavy atom. The van der Waals surface area contributed by atoms with E-state index in [-0.39, 0.29) is 5.91 Å². The summed E-state index contributed by atoms with van der Waals surface area (Å²) in [5, 5.41) is 3.36. The number of rotatable bonds is 4. The topological polar surface area (TPSA) is 55.1 Å². The van der Waals surface area contributed by atoms with Gasteiger partial charge in [0.05, 0.1) is 0 Å². The van der Waals surface area contributed by atoms with Crippen LogP contribution in [-0.4, -0.2) is 11.4 Å². The first kappa shape index (κ1) is 14.4. The molecule has 0 bridgehead atoms. The van der Waals surface area contributed by atoms with Gasteiger partial charge in [0, 0.05) is 10.2 Å². The van der Waals surface area contributed by atoms with Crippen LogP contribution in [0.4, 0.5) is 5.69 Å². The summed E-state index contributed by atoms with van der Waals surface area (Å²) in [6.45, 7) is 1.94. The molecule has 19 heavy (non-hydrogen) atoms. The molecule has 0 saturated heterocycles. The first-order chi connectivity index (χ1) is 9.02. The number of carbonyl (C=O) groups excluding carboxylic acids is 1. The monoisotopic (exact) mass is 324 g/mol. The molecule has 1 aromatic rings. The minimum absolute atomic E-state index is 0.264. The van der Waals surface area contributed by atoms with Crippen LogP contribution in [0.2, 0.25) is 0 Å². The van der Waals surface area contributed by atoms with Crippen molar-refractivity contribution >= 4 is 27.5 Å². The number of anilines is 1. The third kappa shape index (κ3) is 3.30. The zero-order valence-corrected chi connectivity index (χ0v) is 12.9. The van der Waals surface area contributed by atoms with Crippen molar-refractivity contribution in [1.82, 2.24) is 0 Å². The fraction of sp³-hybridized carbons (Fsp3) is 0.533. The van der Waals surface area contributed by atoms with Gasteiger partial charge in [0.2, 0.25) is 5.91 Å². The number of hydrogen-bond donors (Lipinski definition) is 2. The number of halogens is 1. The normalized spacial score (nSPS) is 19.7. The van der Waals surface area contributed by atoms with Crippen LogP contribution in [0.5, 0.6) is 0 Å². The Kier molecular flexibility index (Phi) is 4.50. The molecule has 1 aliphatic carbocycles. The van der Waals surface area contributed by atoms with Crippen LogP contribution in [0.1, 0.15) is 39.0 Å². The Labute approximate surface area is 123 Å². The highest BCUT2D eigenvalue weighted by molar-refractivity contribution is 9.10. The van der Waals surface area contributed by atoms with Crippen LogP contribution in [0.25, 0.3) is 0 Å². The molecule has 0 spiro atoms. The van der Waals surface area contributed by atoms with Gasteiger partial charge in [0.1, 0.15) is 5.54 Å². The van der Waals surface area contributed by atoms with E-state index in [1.807, 2.05) is 31.2 Å². The van der Waals surface area contributed by atoms with Gasteiger partial charge in [-0.05, 0) is 43.9 Å². The van der Waals surface area contributed by atoms with Crippen molar-refractivity contribution in [2.45, 2.75) is 44.6 Å². The van der Waals surface area contributed by atoms with Crippen LogP contribution in [0.15, 0.2) is 28.7 Å². The van der Waals surface area contributed by atoms with Gasteiger partial charge in [-0.25, -0.2) is 0 Å². The smallest absolute Gasteiger partial charge is 0.243 e. The minimum Gasteiger partial charge on any atom is -0.371 e. The second kappa shape index (κ2) is 5.95. The van der Waals surface area contributed by atoms with E-state index >= 15 is 0 Å². The van der Waals surface area contributed by atoms with Gasteiger partial charge >= 0.3 is 0 Å². The highest BCUT2D eigenvalue weighted by atomic mass is 79.9. The van der Waals surface area contributed by atoms with Crippen molar-refractivity contribution in [2.75, 3.05) is 5.32 Å². The van der Waals surface area contributed by atoms with E-state index in [9.17, 15) is 4.79 Å². The lowest BCUT2D eigenvalue weighted by Crippen LogP contribution is -2.54. The predicted molar refractivity (Wildman–Crippen MR) is 81.9 cm³/mol. The second-order valence-corrected chi connectivity index (χ2v) is 6.45. The number of nitrogens with two attached hydrogens (primary N) is 1. The molecular weight excluding hydrogens is 304 g/mol. The molecule has 0 radical (unpaired) electrons. The zero-order valence-electron chi connectivity index (χ0n) is 11.3. The summed E-state index contributed by atoms with van der Waals surface area (Å²) in [5.74, 6) is 0.0529. The van der Waals surface area contributed by atoms with Crippen LogP contribution in [0.3, 0.4) is 0 Å². The molecule has 0 aliphatic heterocycles. The molecule has 0 aromatic heterocycles. The van der Waals surface area contributed by atoms with Crippen molar-refractivity contribution in [1.29, 1.82) is 0 Å². The molecule has 3 N–H and O–H groups in total. The largest absolute Gasteiger partial charge is 0.371 e. The van der Waals surface area contributed by atoms with Gasteiger partial charge in [0.25, 0.3) is 0 Å². The Hall–Kier alpha value is -1.03. The van der Waals surface area contributed by atoms with Crippen molar-refractivity contribution in [3.8, 4) is 0 Å². The molecule has 1 saturated carbocycles. The summed E-state index contributed by atoms with van der Waals surface area (Å²) in [4.78, 5) is 12.0. The molecule has 1 aromatic carbocycles. The minimum atomic E-state index is -0.665. The Balaban J connectivity index is 2.21. The molecule has 1 atom stereocenters. The summed E-state index contributed by atoms with van der Waals surface area (Å²) in [7, 11) is 0. The summed E-state index contributed by atoms with van der Waals surface area (Å²) in [6, 6.07) is 7.86. The maximum Gasteiger partial charge on any atom is 0.243 e. The average molecular weight is 325 g/mol. The van der Waals surface area contributed by atoms with Gasteiger partial charge in [-0.15, -0.1) is 0 Å². The van der Waals surface area contributed by atoms with Gasteiger partial charge in [-0.3, -0.25) is 4.79 Å². The number of nitrogens with one attached hydrogen (secondary N) is 1. The second-order valence-electron chi connectivity index (χ2n) is 5.54. The van der Waals surface area contributed by atoms with Crippen molar-refractivity contribution in [3.05, 3.63) is 28.7 Å². The van der Waals surface area contributed by atoms with E-state index in [0.717, 1.165) is 23.0 Å². The average Bonchev–Trinajstić information content (AvgIpc) is 2.39. The number of benzene rings is 1. The predicted octanol–water partition coefficient (Wildman–Crippen LogP) is 3.69. The molecule has 2 rings (SSSR count). The maximum atomic E-state index is 12.0. The lowest BCUT2D eigenvalue weighted by atomic mass is 9.75. The van der Waals surface area contributed by atoms with E-state index in [1.165, 1.54) is 19.3 Å². The van der Waals surface area contributed by atoms with Crippen molar-refractivity contribution in [2.24, 2.45) is 11.7 Å². The van der Waals surface area contributed by atoms with Gasteiger partial charge in [-0.2, -0.15) is 0 Å². The highest BCUT2D eigenvalue weighted by Gasteiger charge is 2.40. The van der Waals surface area contributed by atoms with Crippen LogP contribution in [-0.2, 0) is 4.79 Å². The Morgan fingerprint density at radius 2 is 2.05 bits per heavy atom. The zero-order chi connectivity index (χ0) is 13.9.